The predicted octanol–water partition coefficient (Wildman–Crippen LogP) is 9.69. The Kier molecular flexibility index (Phi) is 18.1. The first-order chi connectivity index (χ1) is 24.8. The Morgan fingerprint density at radius 3 is 1.22 bits per heavy atom. The van der Waals surface area contributed by atoms with Crippen LogP contribution in [0.2, 0.25) is 0 Å². The molecule has 0 spiro atoms. The summed E-state index contributed by atoms with van der Waals surface area (Å²) in [7, 11) is -0.424. The van der Waals surface area contributed by atoms with Gasteiger partial charge in [-0.05, 0) is 83.5 Å². The van der Waals surface area contributed by atoms with E-state index in [4.69, 9.17) is 0 Å². The minimum absolute atomic E-state index is 0. The molecule has 0 saturated carbocycles. The van der Waals surface area contributed by atoms with Gasteiger partial charge in [-0.2, -0.15) is 13.2 Å². The summed E-state index contributed by atoms with van der Waals surface area (Å²) in [6.45, 7) is 23.8. The molecular weight excluding hydrogens is 898 g/mol. The minimum atomic E-state index is -4.48. The summed E-state index contributed by atoms with van der Waals surface area (Å²) in [5.74, 6) is 0. The second kappa shape index (κ2) is 20.9. The topological polar surface area (TPSA) is 79.8 Å². The molecule has 54 heavy (non-hydrogen) atoms. The molecule has 2 aromatic carbocycles. The maximum absolute atomic E-state index is 12.5. The van der Waals surface area contributed by atoms with Crippen LogP contribution in [0.3, 0.4) is 0 Å². The van der Waals surface area contributed by atoms with E-state index in [1.165, 1.54) is 16.2 Å². The first-order valence-corrected chi connectivity index (χ1v) is 22.4. The van der Waals surface area contributed by atoms with Crippen LogP contribution < -0.4 is 20.8 Å². The van der Waals surface area contributed by atoms with Gasteiger partial charge in [0.2, 0.25) is 0 Å². The average molecular weight is 951 g/mol. The van der Waals surface area contributed by atoms with Gasteiger partial charge in [-0.15, -0.1) is 0 Å². The predicted molar refractivity (Wildman–Crippen MR) is 221 cm³/mol. The van der Waals surface area contributed by atoms with Crippen molar-refractivity contribution in [1.82, 2.24) is 30.4 Å². The van der Waals surface area contributed by atoms with E-state index >= 15 is 0 Å². The molecule has 0 saturated heterocycles. The van der Waals surface area contributed by atoms with Crippen LogP contribution in [0, 0.1) is 6.92 Å². The normalized spacial score (nSPS) is 11.3. The average Bonchev–Trinajstić information content (AvgIpc) is 3.80. The smallest absolute Gasteiger partial charge is 0.431 e. The largest absolute Gasteiger partial charge is 0.574 e. The molecule has 0 fully saturated rings. The first-order valence-electron chi connectivity index (χ1n) is 17.4. The fourth-order valence-electron chi connectivity index (χ4n) is 4.69. The minimum Gasteiger partial charge on any atom is -0.574 e. The maximum atomic E-state index is 12.5. The number of benzene rings is 2. The number of alkyl halides is 3. The van der Waals surface area contributed by atoms with Crippen LogP contribution in [0.5, 0.6) is 0 Å². The molecule has 6 rings (SSSR count). The molecule has 6 nitrogen and oxygen atoms in total. The number of hydrogen-bond acceptors (Lipinski definition) is 4. The molecule has 4 heterocycles. The van der Waals surface area contributed by atoms with Crippen molar-refractivity contribution in [3.63, 3.8) is 0 Å². The van der Waals surface area contributed by atoms with E-state index in [1.54, 1.807) is 12.3 Å². The molecule has 290 valence electrons. The monoisotopic (exact) mass is 952 g/mol. The van der Waals surface area contributed by atoms with Crippen molar-refractivity contribution in [3.8, 4) is 22.8 Å². The van der Waals surface area contributed by atoms with Crippen molar-refractivity contribution in [2.45, 2.75) is 65.5 Å². The molecule has 4 aromatic heterocycles. The Balaban J connectivity index is 0.000000260. The van der Waals surface area contributed by atoms with E-state index in [2.05, 4.69) is 145 Å². The Morgan fingerprint density at radius 2 is 0.926 bits per heavy atom. The second-order valence-electron chi connectivity index (χ2n) is 15.1. The van der Waals surface area contributed by atoms with Gasteiger partial charge in [0.15, 0.2) is 0 Å². The molecule has 0 aliphatic carbocycles. The summed E-state index contributed by atoms with van der Waals surface area (Å²) in [5.41, 5.74) is 4.48. The van der Waals surface area contributed by atoms with Gasteiger partial charge < -0.3 is 20.4 Å². The number of hydrogen-bond donors (Lipinski definition) is 0. The molecule has 0 atom stereocenters. The summed E-state index contributed by atoms with van der Waals surface area (Å²) in [6, 6.07) is 31.9. The molecule has 0 N–H and O–H groups in total. The number of aryl methyl sites for hydroxylation is 1. The summed E-state index contributed by atoms with van der Waals surface area (Å²) in [4.78, 5) is 8.38. The SMILES string of the molecule is CC(C)(C)c1ccnc(-c2cc(C(F)(F)F)n[n-]2)c1.C[PH+](C)c1ccccc1.C[PH+](C)c1ccccc1.Cc1cc(-c2cc(C(C)(C)C)ccn2)[n-]n1.[Os]. The summed E-state index contributed by atoms with van der Waals surface area (Å²) < 4.78 is 37.4. The second-order valence-corrected chi connectivity index (χ2v) is 20.2. The summed E-state index contributed by atoms with van der Waals surface area (Å²) in [5, 5.41) is 17.8. The van der Waals surface area contributed by atoms with E-state index in [-0.39, 0.29) is 52.2 Å². The van der Waals surface area contributed by atoms with Crippen LogP contribution in [-0.2, 0) is 36.8 Å². The van der Waals surface area contributed by atoms with Gasteiger partial charge in [0.05, 0.1) is 37.3 Å². The Hall–Kier alpha value is -3.55. The molecular formula is C42H53F3N6OsP2. The maximum Gasteiger partial charge on any atom is 0.431 e. The number of rotatable bonds is 4. The molecule has 0 bridgehead atoms. The van der Waals surface area contributed by atoms with E-state index in [0.717, 1.165) is 28.7 Å². The van der Waals surface area contributed by atoms with Crippen molar-refractivity contribution in [1.29, 1.82) is 0 Å². The van der Waals surface area contributed by atoms with Gasteiger partial charge in [0.25, 0.3) is 0 Å². The van der Waals surface area contributed by atoms with Crippen molar-refractivity contribution in [2.75, 3.05) is 26.7 Å². The van der Waals surface area contributed by atoms with Crippen LogP contribution in [0.25, 0.3) is 22.8 Å². The van der Waals surface area contributed by atoms with Crippen molar-refractivity contribution >= 4 is 26.5 Å². The summed E-state index contributed by atoms with van der Waals surface area (Å²) >= 11 is 0. The number of aromatic nitrogens is 6. The molecule has 12 heteroatoms. The Bertz CT molecular complexity index is 1920. The number of halogens is 3. The zero-order valence-corrected chi connectivity index (χ0v) is 37.6. The van der Waals surface area contributed by atoms with Crippen molar-refractivity contribution in [3.05, 3.63) is 132 Å². The molecule has 0 amide bonds. The molecule has 6 aromatic rings. The van der Waals surface area contributed by atoms with Crippen LogP contribution in [0.4, 0.5) is 13.2 Å². The third-order valence-electron chi connectivity index (χ3n) is 7.97. The van der Waals surface area contributed by atoms with Gasteiger partial charge in [0.1, 0.15) is 5.69 Å². The third-order valence-corrected chi connectivity index (χ3v) is 10.9. The van der Waals surface area contributed by atoms with E-state index in [0.29, 0.717) is 5.69 Å². The van der Waals surface area contributed by atoms with Gasteiger partial charge in [-0.1, -0.05) is 95.4 Å². The molecule has 0 aliphatic rings. The number of nitrogens with zero attached hydrogens (tertiary/aromatic N) is 6. The van der Waals surface area contributed by atoms with Crippen LogP contribution in [0.1, 0.15) is 64.1 Å². The molecule has 0 aliphatic heterocycles. The van der Waals surface area contributed by atoms with Crippen LogP contribution >= 0.6 is 15.8 Å². The fraction of sp³-hybridized carbons (Fsp3) is 0.333. The Labute approximate surface area is 335 Å². The van der Waals surface area contributed by atoms with Gasteiger partial charge in [-0.25, -0.2) is 0 Å². The summed E-state index contributed by atoms with van der Waals surface area (Å²) in [6.07, 6.45) is -1.08. The van der Waals surface area contributed by atoms with E-state index in [9.17, 15) is 13.2 Å². The molecule has 0 unspecified atom stereocenters. The van der Waals surface area contributed by atoms with E-state index in [1.807, 2.05) is 52.1 Å². The Morgan fingerprint density at radius 1 is 0.537 bits per heavy atom. The quantitative estimate of drug-likeness (QED) is 0.164. The van der Waals surface area contributed by atoms with Gasteiger partial charge in [-0.3, -0.25) is 9.97 Å². The van der Waals surface area contributed by atoms with Crippen LogP contribution in [-0.4, -0.2) is 46.8 Å². The van der Waals surface area contributed by atoms with Gasteiger partial charge >= 0.3 is 6.18 Å². The van der Waals surface area contributed by atoms with E-state index < -0.39 is 11.9 Å². The number of pyridine rings is 2. The van der Waals surface area contributed by atoms with Gasteiger partial charge in [0, 0.05) is 65.1 Å². The third kappa shape index (κ3) is 15.3. The van der Waals surface area contributed by atoms with Crippen LogP contribution in [0.15, 0.2) is 109 Å². The first kappa shape index (κ1) is 46.6. The zero-order valence-electron chi connectivity index (χ0n) is 33.1. The zero-order chi connectivity index (χ0) is 39.4. The standard InChI is InChI=1S/C13H13F3N3.C13H16N3.2C8H11P.Os/c1-12(2,3)8-4-5-17-9(6-8)10-7-11(19-18-10)13(14,15)16;1-9-7-12(16-15-9)11-8-10(5-6-14-11)13(2,3)4;2*1-9(2)8-6-4-3-5-7-8;/h4-7H,1-3H3;5-8H,1-4H3;2*3-7H,1-2H3;/q2*-1;;;/p+2. The van der Waals surface area contributed by atoms with Crippen molar-refractivity contribution in [2.24, 2.45) is 0 Å². The molecule has 0 radical (unpaired) electrons. The fourth-order valence-corrected chi connectivity index (χ4v) is 6.41. The van der Waals surface area contributed by atoms with Crippen molar-refractivity contribution < 1.29 is 33.0 Å².